The van der Waals surface area contributed by atoms with Crippen LogP contribution in [0.2, 0.25) is 0 Å². The van der Waals surface area contributed by atoms with Crippen LogP contribution >= 0.6 is 0 Å². The second-order valence-corrected chi connectivity index (χ2v) is 11.1. The molecular formula is C29H37N7O. The van der Waals surface area contributed by atoms with Crippen molar-refractivity contribution < 1.29 is 4.79 Å². The Kier molecular flexibility index (Phi) is 6.67. The van der Waals surface area contributed by atoms with Crippen LogP contribution in [0.4, 0.5) is 5.82 Å². The molecular weight excluding hydrogens is 462 g/mol. The summed E-state index contributed by atoms with van der Waals surface area (Å²) >= 11 is 0. The van der Waals surface area contributed by atoms with E-state index in [9.17, 15) is 4.79 Å². The monoisotopic (exact) mass is 499 g/mol. The summed E-state index contributed by atoms with van der Waals surface area (Å²) in [7, 11) is 0. The molecule has 1 aliphatic carbocycles. The molecule has 1 saturated carbocycles. The molecule has 3 unspecified atom stereocenters. The minimum absolute atomic E-state index is 0.0326. The van der Waals surface area contributed by atoms with Crippen LogP contribution in [0.5, 0.6) is 0 Å². The summed E-state index contributed by atoms with van der Waals surface area (Å²) in [6, 6.07) is 8.77. The van der Waals surface area contributed by atoms with Crippen molar-refractivity contribution in [3.63, 3.8) is 0 Å². The van der Waals surface area contributed by atoms with Gasteiger partial charge in [0.2, 0.25) is 5.91 Å². The van der Waals surface area contributed by atoms with Crippen molar-refractivity contribution in [1.82, 2.24) is 29.5 Å². The van der Waals surface area contributed by atoms with Gasteiger partial charge in [0.05, 0.1) is 11.4 Å². The second-order valence-electron chi connectivity index (χ2n) is 11.1. The van der Waals surface area contributed by atoms with Crippen LogP contribution in [0.15, 0.2) is 43.2 Å². The molecule has 2 saturated heterocycles. The van der Waals surface area contributed by atoms with Crippen molar-refractivity contribution in [2.24, 2.45) is 11.8 Å². The predicted molar refractivity (Wildman–Crippen MR) is 146 cm³/mol. The van der Waals surface area contributed by atoms with Gasteiger partial charge in [-0.15, -0.1) is 0 Å². The van der Waals surface area contributed by atoms with Crippen molar-refractivity contribution in [3.8, 4) is 11.3 Å². The highest BCUT2D eigenvalue weighted by Crippen LogP contribution is 2.37. The number of fused-ring (bicyclic) bond motifs is 2. The number of carbonyl (C=O) groups excluding carboxylic acids is 1. The van der Waals surface area contributed by atoms with E-state index >= 15 is 0 Å². The smallest absolute Gasteiger partial charge is 0.246 e. The molecule has 2 aromatic heterocycles. The Labute approximate surface area is 218 Å². The number of hydrogen-bond donors (Lipinski definition) is 1. The normalized spacial score (nSPS) is 24.6. The maximum atomic E-state index is 12.3. The fraction of sp³-hybridized carbons (Fsp3) is 0.517. The summed E-state index contributed by atoms with van der Waals surface area (Å²) in [4.78, 5) is 25.6. The number of nitrogen functional groups attached to an aromatic ring is 1. The molecule has 0 spiro atoms. The molecule has 2 aliphatic heterocycles. The van der Waals surface area contributed by atoms with E-state index in [0.717, 1.165) is 60.1 Å². The van der Waals surface area contributed by atoms with Gasteiger partial charge in [-0.25, -0.2) is 14.6 Å². The molecule has 0 radical (unpaired) electrons. The van der Waals surface area contributed by atoms with Gasteiger partial charge in [-0.3, -0.25) is 9.69 Å². The average molecular weight is 500 g/mol. The zero-order valence-corrected chi connectivity index (χ0v) is 21.6. The maximum absolute atomic E-state index is 12.3. The molecule has 37 heavy (non-hydrogen) atoms. The number of benzene rings is 1. The summed E-state index contributed by atoms with van der Waals surface area (Å²) in [6.07, 6.45) is 11.7. The van der Waals surface area contributed by atoms with Crippen LogP contribution in [0.3, 0.4) is 0 Å². The first kappa shape index (κ1) is 24.1. The predicted octanol–water partition coefficient (Wildman–Crippen LogP) is 4.44. The van der Waals surface area contributed by atoms with Gasteiger partial charge in [-0.2, -0.15) is 5.10 Å². The van der Waals surface area contributed by atoms with Crippen LogP contribution in [-0.2, 0) is 11.3 Å². The summed E-state index contributed by atoms with van der Waals surface area (Å²) in [5.74, 6) is 2.23. The van der Waals surface area contributed by atoms with Gasteiger partial charge in [0.1, 0.15) is 17.8 Å². The molecule has 4 heterocycles. The van der Waals surface area contributed by atoms with Crippen molar-refractivity contribution in [3.05, 3.63) is 48.8 Å². The molecule has 3 aliphatic rings. The number of aromatic nitrogens is 4. The topological polar surface area (TPSA) is 93.2 Å². The number of carbonyl (C=O) groups is 1. The number of nitrogens with zero attached hydrogens (tertiary/aromatic N) is 6. The van der Waals surface area contributed by atoms with Crippen LogP contribution in [-0.4, -0.2) is 61.6 Å². The number of anilines is 1. The lowest BCUT2D eigenvalue weighted by atomic mass is 9.75. The third kappa shape index (κ3) is 4.75. The second kappa shape index (κ2) is 10.2. The minimum atomic E-state index is -0.0428. The molecule has 0 bridgehead atoms. The largest absolute Gasteiger partial charge is 0.383 e. The molecule has 8 nitrogen and oxygen atoms in total. The maximum Gasteiger partial charge on any atom is 0.246 e. The van der Waals surface area contributed by atoms with Crippen molar-refractivity contribution in [2.75, 3.05) is 31.9 Å². The first-order chi connectivity index (χ1) is 18.1. The Balaban J connectivity index is 1.24. The van der Waals surface area contributed by atoms with E-state index < -0.39 is 0 Å². The molecule has 1 amide bonds. The zero-order valence-electron chi connectivity index (χ0n) is 21.6. The van der Waals surface area contributed by atoms with Crippen molar-refractivity contribution in [1.29, 1.82) is 0 Å². The number of hydrogen-bond acceptors (Lipinski definition) is 6. The Morgan fingerprint density at radius 1 is 1.00 bits per heavy atom. The quantitative estimate of drug-likeness (QED) is 0.522. The van der Waals surface area contributed by atoms with Gasteiger partial charge < -0.3 is 10.6 Å². The van der Waals surface area contributed by atoms with Crippen LogP contribution < -0.4 is 5.73 Å². The molecule has 194 valence electrons. The Morgan fingerprint density at radius 2 is 1.81 bits per heavy atom. The minimum Gasteiger partial charge on any atom is -0.383 e. The zero-order chi connectivity index (χ0) is 25.4. The van der Waals surface area contributed by atoms with Crippen LogP contribution in [0, 0.1) is 11.8 Å². The van der Waals surface area contributed by atoms with E-state index in [-0.39, 0.29) is 11.9 Å². The van der Waals surface area contributed by atoms with E-state index in [1.54, 1.807) is 0 Å². The van der Waals surface area contributed by atoms with Gasteiger partial charge >= 0.3 is 0 Å². The third-order valence-corrected chi connectivity index (χ3v) is 8.76. The summed E-state index contributed by atoms with van der Waals surface area (Å²) in [6.45, 7) is 8.42. The van der Waals surface area contributed by atoms with E-state index in [2.05, 4.69) is 45.7 Å². The number of amides is 1. The molecule has 3 fully saturated rings. The molecule has 3 atom stereocenters. The third-order valence-electron chi connectivity index (χ3n) is 8.76. The number of nitrogens with two attached hydrogens (primary N) is 1. The fourth-order valence-corrected chi connectivity index (χ4v) is 6.78. The Bertz CT molecular complexity index is 1280. The van der Waals surface area contributed by atoms with E-state index in [1.165, 1.54) is 63.2 Å². The summed E-state index contributed by atoms with van der Waals surface area (Å²) in [5, 5.41) is 5.79. The first-order valence-electron chi connectivity index (χ1n) is 13.8. The number of likely N-dealkylation sites (tertiary alicyclic amines) is 2. The number of rotatable bonds is 5. The van der Waals surface area contributed by atoms with Crippen LogP contribution in [0.25, 0.3) is 22.3 Å². The molecule has 3 aromatic rings. The average Bonchev–Trinajstić information content (AvgIpc) is 3.34. The number of piperidine rings is 2. The first-order valence-corrected chi connectivity index (χ1v) is 13.8. The Morgan fingerprint density at radius 3 is 2.62 bits per heavy atom. The lowest BCUT2D eigenvalue weighted by molar-refractivity contribution is -0.127. The lowest BCUT2D eigenvalue weighted by Crippen LogP contribution is -2.41. The van der Waals surface area contributed by atoms with E-state index in [1.807, 2.05) is 9.58 Å². The van der Waals surface area contributed by atoms with Gasteiger partial charge in [-0.05, 0) is 55.7 Å². The standard InChI is InChI=1S/C29H37N7O/c1-2-25(37)35-14-5-8-24(18-35)36-29-26(28(30)31-19-32-29)27(33-36)22-11-9-20(10-12-22)16-34-15-13-21-6-3-4-7-23(21)17-34/h2,9-12,19,21,23-24H,1,3-8,13-18H2,(H2,30,31,32). The SMILES string of the molecule is C=CC(=O)N1CCCC(n2nc(-c3ccc(CN4CCC5CCCCC5C4)cc3)c3c(N)ncnc32)C1. The highest BCUT2D eigenvalue weighted by atomic mass is 16.2. The lowest BCUT2D eigenvalue weighted by Gasteiger charge is -2.41. The highest BCUT2D eigenvalue weighted by molar-refractivity contribution is 5.98. The van der Waals surface area contributed by atoms with Gasteiger partial charge in [0.25, 0.3) is 0 Å². The molecule has 2 N–H and O–H groups in total. The highest BCUT2D eigenvalue weighted by Gasteiger charge is 2.31. The van der Waals surface area contributed by atoms with Crippen molar-refractivity contribution in [2.45, 2.75) is 57.5 Å². The fourth-order valence-electron chi connectivity index (χ4n) is 6.78. The van der Waals surface area contributed by atoms with Gasteiger partial charge in [0.15, 0.2) is 5.65 Å². The van der Waals surface area contributed by atoms with E-state index in [0.29, 0.717) is 12.4 Å². The van der Waals surface area contributed by atoms with Gasteiger partial charge in [0, 0.05) is 31.7 Å². The molecule has 1 aromatic carbocycles. The summed E-state index contributed by atoms with van der Waals surface area (Å²) < 4.78 is 1.95. The van der Waals surface area contributed by atoms with Gasteiger partial charge in [-0.1, -0.05) is 50.1 Å². The molecule has 6 rings (SSSR count). The Hall–Kier alpha value is -3.26. The summed E-state index contributed by atoms with van der Waals surface area (Å²) in [5.41, 5.74) is 10.2. The van der Waals surface area contributed by atoms with E-state index in [4.69, 9.17) is 10.8 Å². The van der Waals surface area contributed by atoms with Crippen LogP contribution in [0.1, 0.15) is 56.6 Å². The molecule has 8 heteroatoms. The van der Waals surface area contributed by atoms with Crippen molar-refractivity contribution >= 4 is 22.8 Å².